The van der Waals surface area contributed by atoms with E-state index in [9.17, 15) is 9.59 Å². The Hall–Kier alpha value is -2.83. The molecule has 1 aliphatic rings. The molecule has 0 radical (unpaired) electrons. The van der Waals surface area contributed by atoms with E-state index < -0.39 is 11.8 Å². The van der Waals surface area contributed by atoms with Gasteiger partial charge in [-0.25, -0.2) is 0 Å². The molecule has 0 spiro atoms. The maximum absolute atomic E-state index is 12.7. The number of carbonyl (C=O) groups excluding carboxylic acids is 2. The van der Waals surface area contributed by atoms with Crippen LogP contribution in [0.2, 0.25) is 5.02 Å². The molecule has 1 aromatic carbocycles. The summed E-state index contributed by atoms with van der Waals surface area (Å²) < 4.78 is 0. The monoisotopic (exact) mass is 383 g/mol. The van der Waals surface area contributed by atoms with Crippen molar-refractivity contribution in [3.8, 4) is 11.1 Å². The van der Waals surface area contributed by atoms with Crippen molar-refractivity contribution in [3.63, 3.8) is 0 Å². The molecule has 0 saturated carbocycles. The van der Waals surface area contributed by atoms with Gasteiger partial charge in [0, 0.05) is 35.1 Å². The van der Waals surface area contributed by atoms with Crippen LogP contribution in [0.3, 0.4) is 0 Å². The van der Waals surface area contributed by atoms with Gasteiger partial charge in [0.05, 0.1) is 0 Å². The lowest BCUT2D eigenvalue weighted by Gasteiger charge is -2.27. The van der Waals surface area contributed by atoms with Gasteiger partial charge in [0.25, 0.3) is 11.8 Å². The molecule has 0 atom stereocenters. The summed E-state index contributed by atoms with van der Waals surface area (Å²) >= 11 is 11.3. The fourth-order valence-corrected chi connectivity index (χ4v) is 3.08. The van der Waals surface area contributed by atoms with Gasteiger partial charge in [-0.15, -0.1) is 6.58 Å². The molecule has 2 heterocycles. The summed E-state index contributed by atoms with van der Waals surface area (Å²) in [5, 5.41) is 3.15. The molecule has 1 aromatic heterocycles. The van der Waals surface area contributed by atoms with Crippen molar-refractivity contribution in [3.05, 3.63) is 71.5 Å². The van der Waals surface area contributed by atoms with Crippen LogP contribution in [0.25, 0.3) is 17.2 Å². The quantitative estimate of drug-likeness (QED) is 0.381. The predicted octanol–water partition coefficient (Wildman–Crippen LogP) is 3.21. The lowest BCUT2D eigenvalue weighted by atomic mass is 9.99. The summed E-state index contributed by atoms with van der Waals surface area (Å²) in [6.07, 6.45) is 6.25. The van der Waals surface area contributed by atoms with E-state index in [4.69, 9.17) is 23.8 Å². The van der Waals surface area contributed by atoms with Gasteiger partial charge in [0.2, 0.25) is 0 Å². The normalized spacial score (nSPS) is 16.0. The first kappa shape index (κ1) is 18.0. The molecule has 2 aromatic rings. The average molecular weight is 384 g/mol. The maximum atomic E-state index is 12.7. The zero-order valence-corrected chi connectivity index (χ0v) is 15.2. The first-order valence-electron chi connectivity index (χ1n) is 7.71. The number of hydrogen-bond donors (Lipinski definition) is 1. The van der Waals surface area contributed by atoms with Gasteiger partial charge in [-0.05, 0) is 36.0 Å². The molecular weight excluding hydrogens is 370 g/mol. The number of carbonyl (C=O) groups is 2. The minimum absolute atomic E-state index is 0.0262. The summed E-state index contributed by atoms with van der Waals surface area (Å²) in [5.41, 5.74) is 2.12. The molecule has 0 aliphatic carbocycles. The van der Waals surface area contributed by atoms with Gasteiger partial charge in [-0.1, -0.05) is 35.9 Å². The summed E-state index contributed by atoms with van der Waals surface area (Å²) in [5.74, 6) is -1.03. The number of nitrogens with one attached hydrogen (secondary N) is 1. The molecule has 130 valence electrons. The van der Waals surface area contributed by atoms with Gasteiger partial charge < -0.3 is 0 Å². The average Bonchev–Trinajstić information content (AvgIpc) is 2.63. The second-order valence-electron chi connectivity index (χ2n) is 5.46. The van der Waals surface area contributed by atoms with Crippen molar-refractivity contribution in [2.45, 2.75) is 0 Å². The smallest absolute Gasteiger partial charge is 0.265 e. The van der Waals surface area contributed by atoms with E-state index in [2.05, 4.69) is 16.9 Å². The van der Waals surface area contributed by atoms with Crippen LogP contribution in [0.15, 0.2) is 61.0 Å². The number of halogens is 1. The highest BCUT2D eigenvalue weighted by Crippen LogP contribution is 2.31. The van der Waals surface area contributed by atoms with E-state index in [0.717, 1.165) is 11.1 Å². The van der Waals surface area contributed by atoms with E-state index in [1.807, 2.05) is 18.2 Å². The number of nitrogens with zero attached hydrogens (tertiary/aromatic N) is 2. The topological polar surface area (TPSA) is 62.3 Å². The van der Waals surface area contributed by atoms with Crippen LogP contribution >= 0.6 is 23.8 Å². The van der Waals surface area contributed by atoms with Crippen LogP contribution in [-0.4, -0.2) is 33.4 Å². The van der Waals surface area contributed by atoms with Crippen molar-refractivity contribution in [2.24, 2.45) is 0 Å². The van der Waals surface area contributed by atoms with Crippen LogP contribution in [-0.2, 0) is 9.59 Å². The molecule has 0 bridgehead atoms. The fraction of sp³-hybridized carbons (Fsp3) is 0.0526. The van der Waals surface area contributed by atoms with Crippen molar-refractivity contribution >= 4 is 46.8 Å². The van der Waals surface area contributed by atoms with Crippen molar-refractivity contribution < 1.29 is 9.59 Å². The van der Waals surface area contributed by atoms with Crippen molar-refractivity contribution in [1.29, 1.82) is 0 Å². The van der Waals surface area contributed by atoms with Crippen LogP contribution < -0.4 is 5.32 Å². The third-order valence-corrected chi connectivity index (χ3v) is 4.47. The molecule has 1 N–H and O–H groups in total. The van der Waals surface area contributed by atoms with E-state index in [1.165, 1.54) is 11.0 Å². The van der Waals surface area contributed by atoms with Gasteiger partial charge >= 0.3 is 0 Å². The Morgan fingerprint density at radius 2 is 2.00 bits per heavy atom. The van der Waals surface area contributed by atoms with Gasteiger partial charge in [-0.3, -0.25) is 24.8 Å². The van der Waals surface area contributed by atoms with Crippen molar-refractivity contribution in [2.75, 3.05) is 6.54 Å². The summed E-state index contributed by atoms with van der Waals surface area (Å²) in [6, 6.07) is 9.11. The van der Waals surface area contributed by atoms with E-state index in [-0.39, 0.29) is 17.2 Å². The Bertz CT molecular complexity index is 955. The lowest BCUT2D eigenvalue weighted by Crippen LogP contribution is -2.53. The highest BCUT2D eigenvalue weighted by Gasteiger charge is 2.32. The number of benzene rings is 1. The lowest BCUT2D eigenvalue weighted by molar-refractivity contribution is -0.128. The Morgan fingerprint density at radius 1 is 1.23 bits per heavy atom. The third kappa shape index (κ3) is 3.42. The zero-order chi connectivity index (χ0) is 18.7. The van der Waals surface area contributed by atoms with Crippen LogP contribution in [0.1, 0.15) is 5.56 Å². The largest absolute Gasteiger partial charge is 0.298 e. The summed E-state index contributed by atoms with van der Waals surface area (Å²) in [4.78, 5) is 30.3. The molecule has 3 rings (SSSR count). The second kappa shape index (κ2) is 7.59. The minimum atomic E-state index is -0.547. The van der Waals surface area contributed by atoms with Gasteiger partial charge in [0.1, 0.15) is 5.57 Å². The van der Waals surface area contributed by atoms with Crippen LogP contribution in [0, 0.1) is 0 Å². The molecule has 1 fully saturated rings. The third-order valence-electron chi connectivity index (χ3n) is 3.81. The molecule has 2 amide bonds. The highest BCUT2D eigenvalue weighted by molar-refractivity contribution is 7.80. The summed E-state index contributed by atoms with van der Waals surface area (Å²) in [7, 11) is 0. The first-order chi connectivity index (χ1) is 12.5. The molecule has 5 nitrogen and oxygen atoms in total. The fourth-order valence-electron chi connectivity index (χ4n) is 2.59. The standard InChI is InChI=1S/C19H14ClN3O2S/c1-2-9-23-18(25)15(17(24)22-19(23)26)10-12-11-21-8-7-13(12)14-5-3-4-6-16(14)20/h2-8,10-11H,1,9H2,(H,22,24,26). The Morgan fingerprint density at radius 3 is 2.73 bits per heavy atom. The Kier molecular flexibility index (Phi) is 5.25. The Labute approximate surface area is 161 Å². The van der Waals surface area contributed by atoms with E-state index in [0.29, 0.717) is 10.6 Å². The first-order valence-corrected chi connectivity index (χ1v) is 8.50. The van der Waals surface area contributed by atoms with Gasteiger partial charge in [0.15, 0.2) is 5.11 Å². The highest BCUT2D eigenvalue weighted by atomic mass is 35.5. The summed E-state index contributed by atoms with van der Waals surface area (Å²) in [6.45, 7) is 3.81. The second-order valence-corrected chi connectivity index (χ2v) is 6.26. The molecule has 0 unspecified atom stereocenters. The Balaban J connectivity index is 2.09. The number of rotatable bonds is 4. The molecular formula is C19H14ClN3O2S. The maximum Gasteiger partial charge on any atom is 0.265 e. The number of hydrogen-bond acceptors (Lipinski definition) is 4. The van der Waals surface area contributed by atoms with E-state index in [1.54, 1.807) is 30.6 Å². The molecule has 1 saturated heterocycles. The number of pyridine rings is 1. The van der Waals surface area contributed by atoms with Gasteiger partial charge in [-0.2, -0.15) is 0 Å². The number of thiocarbonyl (C=S) groups is 1. The predicted molar refractivity (Wildman–Crippen MR) is 105 cm³/mol. The van der Waals surface area contributed by atoms with Crippen molar-refractivity contribution in [1.82, 2.24) is 15.2 Å². The zero-order valence-electron chi connectivity index (χ0n) is 13.6. The van der Waals surface area contributed by atoms with Crippen LogP contribution in [0.4, 0.5) is 0 Å². The molecule has 26 heavy (non-hydrogen) atoms. The SMILES string of the molecule is C=CCN1C(=O)C(=Cc2cnccc2-c2ccccc2Cl)C(=O)NC1=S. The minimum Gasteiger partial charge on any atom is -0.298 e. The number of aromatic nitrogens is 1. The molecule has 7 heteroatoms. The number of amides is 2. The molecule has 1 aliphatic heterocycles. The van der Waals surface area contributed by atoms with E-state index >= 15 is 0 Å². The van der Waals surface area contributed by atoms with Crippen LogP contribution in [0.5, 0.6) is 0 Å².